The molecule has 1 unspecified atom stereocenters. The monoisotopic (exact) mass is 254 g/mol. The zero-order valence-electron chi connectivity index (χ0n) is 12.6. The Balaban J connectivity index is 2.03. The normalized spacial score (nSPS) is 29.0. The molecule has 3 nitrogen and oxygen atoms in total. The lowest BCUT2D eigenvalue weighted by atomic mass is 9.90. The summed E-state index contributed by atoms with van der Waals surface area (Å²) in [6.07, 6.45) is 6.72. The van der Waals surface area contributed by atoms with E-state index in [9.17, 15) is 0 Å². The van der Waals surface area contributed by atoms with Crippen molar-refractivity contribution in [3.8, 4) is 0 Å². The molecule has 2 rings (SSSR count). The van der Waals surface area contributed by atoms with Crippen molar-refractivity contribution < 1.29 is 4.74 Å². The first kappa shape index (κ1) is 14.3. The third kappa shape index (κ3) is 3.06. The van der Waals surface area contributed by atoms with Crippen molar-refractivity contribution in [2.75, 3.05) is 26.7 Å². The number of nitrogens with zero attached hydrogens (tertiary/aromatic N) is 1. The SMILES string of the molecule is CCC1CNC2(CCCC2)CN1CC(C)(C)OC. The molecule has 0 amide bonds. The van der Waals surface area contributed by atoms with Gasteiger partial charge in [-0.05, 0) is 33.1 Å². The highest BCUT2D eigenvalue weighted by molar-refractivity contribution is 5.01. The molecular weight excluding hydrogens is 224 g/mol. The Hall–Kier alpha value is -0.120. The van der Waals surface area contributed by atoms with Gasteiger partial charge in [-0.2, -0.15) is 0 Å². The molecular formula is C15H30N2O. The molecule has 1 saturated carbocycles. The maximum atomic E-state index is 5.62. The predicted molar refractivity (Wildman–Crippen MR) is 75.9 cm³/mol. The van der Waals surface area contributed by atoms with Gasteiger partial charge in [-0.25, -0.2) is 0 Å². The van der Waals surface area contributed by atoms with E-state index in [4.69, 9.17) is 4.74 Å². The number of hydrogen-bond donors (Lipinski definition) is 1. The number of ether oxygens (including phenoxy) is 1. The molecule has 18 heavy (non-hydrogen) atoms. The fourth-order valence-corrected chi connectivity index (χ4v) is 3.57. The molecule has 1 atom stereocenters. The fraction of sp³-hybridized carbons (Fsp3) is 1.00. The predicted octanol–water partition coefficient (Wildman–Crippen LogP) is 2.41. The zero-order valence-corrected chi connectivity index (χ0v) is 12.6. The van der Waals surface area contributed by atoms with E-state index in [0.717, 1.165) is 13.1 Å². The summed E-state index contributed by atoms with van der Waals surface area (Å²) in [6.45, 7) is 10.1. The van der Waals surface area contributed by atoms with Crippen molar-refractivity contribution in [3.05, 3.63) is 0 Å². The van der Waals surface area contributed by atoms with Gasteiger partial charge in [0.05, 0.1) is 5.60 Å². The van der Waals surface area contributed by atoms with Crippen LogP contribution in [-0.4, -0.2) is 48.8 Å². The second kappa shape index (κ2) is 5.48. The van der Waals surface area contributed by atoms with Crippen LogP contribution in [0.4, 0.5) is 0 Å². The molecule has 0 radical (unpaired) electrons. The lowest BCUT2D eigenvalue weighted by Crippen LogP contribution is -2.64. The lowest BCUT2D eigenvalue weighted by molar-refractivity contribution is -0.0366. The van der Waals surface area contributed by atoms with E-state index in [-0.39, 0.29) is 5.60 Å². The summed E-state index contributed by atoms with van der Waals surface area (Å²) in [4.78, 5) is 2.67. The molecule has 1 saturated heterocycles. The highest BCUT2D eigenvalue weighted by atomic mass is 16.5. The molecule has 1 aliphatic carbocycles. The second-order valence-electron chi connectivity index (χ2n) is 6.80. The Kier molecular flexibility index (Phi) is 4.35. The highest BCUT2D eigenvalue weighted by Crippen LogP contribution is 2.34. The van der Waals surface area contributed by atoms with Crippen LogP contribution >= 0.6 is 0 Å². The average Bonchev–Trinajstić information content (AvgIpc) is 2.77. The van der Waals surface area contributed by atoms with Crippen molar-refractivity contribution in [2.24, 2.45) is 0 Å². The first-order chi connectivity index (χ1) is 8.50. The fourth-order valence-electron chi connectivity index (χ4n) is 3.57. The molecule has 106 valence electrons. The highest BCUT2D eigenvalue weighted by Gasteiger charge is 2.41. The maximum Gasteiger partial charge on any atom is 0.0749 e. The Morgan fingerprint density at radius 1 is 1.33 bits per heavy atom. The molecule has 3 heteroatoms. The Morgan fingerprint density at radius 2 is 2.00 bits per heavy atom. The molecule has 2 aliphatic rings. The van der Waals surface area contributed by atoms with Crippen LogP contribution in [-0.2, 0) is 4.74 Å². The van der Waals surface area contributed by atoms with E-state index in [1.165, 1.54) is 38.6 Å². The van der Waals surface area contributed by atoms with Gasteiger partial charge in [0.25, 0.3) is 0 Å². The van der Waals surface area contributed by atoms with Gasteiger partial charge in [-0.3, -0.25) is 4.90 Å². The standard InChI is InChI=1S/C15H30N2O/c1-5-13-10-16-15(8-6-7-9-15)12-17(13)11-14(2,3)18-4/h13,16H,5-12H2,1-4H3. The quantitative estimate of drug-likeness (QED) is 0.834. The first-order valence-corrected chi connectivity index (χ1v) is 7.54. The third-order valence-corrected chi connectivity index (χ3v) is 4.90. The van der Waals surface area contributed by atoms with Crippen LogP contribution in [0.1, 0.15) is 52.9 Å². The maximum absolute atomic E-state index is 5.62. The molecule has 0 aromatic rings. The van der Waals surface area contributed by atoms with Crippen LogP contribution in [0, 0.1) is 0 Å². The van der Waals surface area contributed by atoms with Crippen LogP contribution < -0.4 is 5.32 Å². The third-order valence-electron chi connectivity index (χ3n) is 4.90. The van der Waals surface area contributed by atoms with Crippen molar-refractivity contribution in [1.82, 2.24) is 10.2 Å². The minimum absolute atomic E-state index is 0.0371. The summed E-state index contributed by atoms with van der Waals surface area (Å²) in [5, 5.41) is 3.85. The molecule has 1 heterocycles. The van der Waals surface area contributed by atoms with E-state index in [0.29, 0.717) is 11.6 Å². The van der Waals surface area contributed by atoms with Gasteiger partial charge in [-0.15, -0.1) is 0 Å². The van der Waals surface area contributed by atoms with E-state index in [1.807, 2.05) is 7.11 Å². The molecule has 1 N–H and O–H groups in total. The molecule has 2 fully saturated rings. The summed E-state index contributed by atoms with van der Waals surface area (Å²) in [5.41, 5.74) is 0.375. The Morgan fingerprint density at radius 3 is 2.56 bits per heavy atom. The summed E-state index contributed by atoms with van der Waals surface area (Å²) in [7, 11) is 1.83. The zero-order chi connectivity index (χ0) is 13.2. The van der Waals surface area contributed by atoms with Gasteiger partial charge in [0.15, 0.2) is 0 Å². The number of piperazine rings is 1. The number of nitrogens with one attached hydrogen (secondary N) is 1. The number of hydrogen-bond acceptors (Lipinski definition) is 3. The average molecular weight is 254 g/mol. The minimum atomic E-state index is -0.0371. The van der Waals surface area contributed by atoms with Crippen molar-refractivity contribution in [1.29, 1.82) is 0 Å². The summed E-state index contributed by atoms with van der Waals surface area (Å²) < 4.78 is 5.62. The van der Waals surface area contributed by atoms with E-state index in [2.05, 4.69) is 31.0 Å². The minimum Gasteiger partial charge on any atom is -0.377 e. The molecule has 0 aromatic heterocycles. The van der Waals surface area contributed by atoms with Crippen LogP contribution in [0.25, 0.3) is 0 Å². The summed E-state index contributed by atoms with van der Waals surface area (Å²) in [5.74, 6) is 0. The van der Waals surface area contributed by atoms with Gasteiger partial charge in [0.1, 0.15) is 0 Å². The lowest BCUT2D eigenvalue weighted by Gasteiger charge is -2.48. The molecule has 1 spiro atoms. The summed E-state index contributed by atoms with van der Waals surface area (Å²) >= 11 is 0. The second-order valence-corrected chi connectivity index (χ2v) is 6.80. The molecule has 0 aromatic carbocycles. The molecule has 1 aliphatic heterocycles. The topological polar surface area (TPSA) is 24.5 Å². The first-order valence-electron chi connectivity index (χ1n) is 7.54. The van der Waals surface area contributed by atoms with Gasteiger partial charge >= 0.3 is 0 Å². The number of rotatable bonds is 4. The summed E-state index contributed by atoms with van der Waals surface area (Å²) in [6, 6.07) is 0.672. The van der Waals surface area contributed by atoms with Gasteiger partial charge in [-0.1, -0.05) is 19.8 Å². The number of methoxy groups -OCH3 is 1. The van der Waals surface area contributed by atoms with Crippen molar-refractivity contribution >= 4 is 0 Å². The van der Waals surface area contributed by atoms with Crippen LogP contribution in [0.5, 0.6) is 0 Å². The van der Waals surface area contributed by atoms with E-state index < -0.39 is 0 Å². The van der Waals surface area contributed by atoms with Crippen LogP contribution in [0.3, 0.4) is 0 Å². The smallest absolute Gasteiger partial charge is 0.0749 e. The van der Waals surface area contributed by atoms with Gasteiger partial charge in [0, 0.05) is 38.3 Å². The van der Waals surface area contributed by atoms with E-state index in [1.54, 1.807) is 0 Å². The van der Waals surface area contributed by atoms with Gasteiger partial charge < -0.3 is 10.1 Å². The van der Waals surface area contributed by atoms with Gasteiger partial charge in [0.2, 0.25) is 0 Å². The largest absolute Gasteiger partial charge is 0.377 e. The van der Waals surface area contributed by atoms with Crippen molar-refractivity contribution in [3.63, 3.8) is 0 Å². The molecule has 0 bridgehead atoms. The van der Waals surface area contributed by atoms with Crippen molar-refractivity contribution in [2.45, 2.75) is 70.1 Å². The van der Waals surface area contributed by atoms with E-state index >= 15 is 0 Å². The van der Waals surface area contributed by atoms with Crippen LogP contribution in [0.2, 0.25) is 0 Å². The van der Waals surface area contributed by atoms with Crippen LogP contribution in [0.15, 0.2) is 0 Å². The Labute approximate surface area is 112 Å². The Bertz CT molecular complexity index is 272.